The number of rotatable bonds is 5. The third-order valence-corrected chi connectivity index (χ3v) is 2.32. The van der Waals surface area contributed by atoms with E-state index in [4.69, 9.17) is 6.42 Å². The van der Waals surface area contributed by atoms with Crippen LogP contribution in [0.3, 0.4) is 0 Å². The summed E-state index contributed by atoms with van der Waals surface area (Å²) in [7, 11) is 0. The normalized spacial score (nSPS) is 12.1. The fraction of sp³-hybridized carbons (Fsp3) is 0.385. The van der Waals surface area contributed by atoms with E-state index in [1.54, 1.807) is 12.1 Å². The third kappa shape index (κ3) is 3.73. The van der Waals surface area contributed by atoms with Gasteiger partial charge in [0.2, 0.25) is 0 Å². The minimum absolute atomic E-state index is 0.189. The average molecular weight is 205 g/mol. The van der Waals surface area contributed by atoms with Crippen molar-refractivity contribution in [3.8, 4) is 12.3 Å². The molecule has 0 heterocycles. The minimum atomic E-state index is -0.190. The van der Waals surface area contributed by atoms with Crippen molar-refractivity contribution in [2.24, 2.45) is 0 Å². The molecule has 2 heteroatoms. The molecule has 0 bridgehead atoms. The first-order chi connectivity index (χ1) is 7.27. The van der Waals surface area contributed by atoms with Gasteiger partial charge >= 0.3 is 0 Å². The van der Waals surface area contributed by atoms with E-state index in [0.29, 0.717) is 6.42 Å². The van der Waals surface area contributed by atoms with Crippen LogP contribution in [0, 0.1) is 18.2 Å². The van der Waals surface area contributed by atoms with Crippen LogP contribution in [0.4, 0.5) is 4.39 Å². The molecule has 1 nitrogen and oxygen atoms in total. The van der Waals surface area contributed by atoms with Crippen LogP contribution >= 0.6 is 0 Å². The Morgan fingerprint density at radius 2 is 2.33 bits per heavy atom. The first-order valence-electron chi connectivity index (χ1n) is 5.20. The highest BCUT2D eigenvalue weighted by molar-refractivity contribution is 5.20. The van der Waals surface area contributed by atoms with Crippen molar-refractivity contribution >= 4 is 0 Å². The Morgan fingerprint density at radius 3 is 2.93 bits per heavy atom. The second kappa shape index (κ2) is 6.21. The molecule has 15 heavy (non-hydrogen) atoms. The summed E-state index contributed by atoms with van der Waals surface area (Å²) in [5.41, 5.74) is 0.981. The Kier molecular flexibility index (Phi) is 4.86. The largest absolute Gasteiger partial charge is 0.309 e. The predicted octanol–water partition coefficient (Wildman–Crippen LogP) is 2.89. The highest BCUT2D eigenvalue weighted by Gasteiger charge is 2.08. The lowest BCUT2D eigenvalue weighted by Gasteiger charge is -2.16. The fourth-order valence-electron chi connectivity index (χ4n) is 1.54. The molecule has 80 valence electrons. The summed E-state index contributed by atoms with van der Waals surface area (Å²) in [4.78, 5) is 0. The molecule has 0 aromatic heterocycles. The smallest absolute Gasteiger partial charge is 0.123 e. The van der Waals surface area contributed by atoms with Crippen molar-refractivity contribution in [2.75, 3.05) is 6.54 Å². The quantitative estimate of drug-likeness (QED) is 0.575. The molecule has 1 aromatic rings. The van der Waals surface area contributed by atoms with E-state index in [-0.39, 0.29) is 11.9 Å². The van der Waals surface area contributed by atoms with Crippen molar-refractivity contribution < 1.29 is 4.39 Å². The van der Waals surface area contributed by atoms with E-state index in [0.717, 1.165) is 18.5 Å². The van der Waals surface area contributed by atoms with Crippen molar-refractivity contribution in [1.29, 1.82) is 0 Å². The Hall–Kier alpha value is -1.33. The lowest BCUT2D eigenvalue weighted by atomic mass is 10.0. The maximum atomic E-state index is 13.0. The second-order valence-corrected chi connectivity index (χ2v) is 3.42. The number of nitrogens with one attached hydrogen (secondary N) is 1. The molecule has 0 saturated carbocycles. The van der Waals surface area contributed by atoms with Crippen molar-refractivity contribution in [3.63, 3.8) is 0 Å². The van der Waals surface area contributed by atoms with Crippen molar-refractivity contribution in [3.05, 3.63) is 35.6 Å². The fourth-order valence-corrected chi connectivity index (χ4v) is 1.54. The number of benzene rings is 1. The van der Waals surface area contributed by atoms with E-state index in [1.807, 2.05) is 6.07 Å². The van der Waals surface area contributed by atoms with Crippen LogP contribution < -0.4 is 5.32 Å². The molecular formula is C13H16FN. The minimum Gasteiger partial charge on any atom is -0.309 e. The van der Waals surface area contributed by atoms with Gasteiger partial charge in [-0.1, -0.05) is 19.1 Å². The summed E-state index contributed by atoms with van der Waals surface area (Å²) in [5.74, 6) is 2.38. The predicted molar refractivity (Wildman–Crippen MR) is 60.9 cm³/mol. The summed E-state index contributed by atoms with van der Waals surface area (Å²) in [6.45, 7) is 2.84. The zero-order valence-electron chi connectivity index (χ0n) is 8.96. The first kappa shape index (κ1) is 11.7. The second-order valence-electron chi connectivity index (χ2n) is 3.42. The molecule has 1 rings (SSSR count). The van der Waals surface area contributed by atoms with Gasteiger partial charge in [-0.3, -0.25) is 0 Å². The Balaban J connectivity index is 2.62. The molecular weight excluding hydrogens is 189 g/mol. The van der Waals surface area contributed by atoms with Gasteiger partial charge in [0, 0.05) is 19.0 Å². The van der Waals surface area contributed by atoms with Crippen molar-refractivity contribution in [2.45, 2.75) is 25.8 Å². The van der Waals surface area contributed by atoms with Crippen LogP contribution in [0.25, 0.3) is 0 Å². The standard InChI is InChI=1S/C13H16FN/c1-3-5-9-15-13(4-2)11-7-6-8-12(14)10-11/h1,6-8,10,13,15H,4-5,9H2,2H3. The van der Waals surface area contributed by atoms with E-state index < -0.39 is 0 Å². The monoisotopic (exact) mass is 205 g/mol. The molecule has 1 atom stereocenters. The maximum absolute atomic E-state index is 13.0. The molecule has 0 aliphatic carbocycles. The van der Waals surface area contributed by atoms with Gasteiger partial charge < -0.3 is 5.32 Å². The number of terminal acetylenes is 1. The van der Waals surface area contributed by atoms with Gasteiger partial charge in [0.15, 0.2) is 0 Å². The van der Waals surface area contributed by atoms with Crippen LogP contribution in [-0.4, -0.2) is 6.54 Å². The van der Waals surface area contributed by atoms with E-state index in [9.17, 15) is 4.39 Å². The number of hydrogen-bond acceptors (Lipinski definition) is 1. The molecule has 0 aliphatic rings. The molecule has 1 N–H and O–H groups in total. The van der Waals surface area contributed by atoms with Crippen molar-refractivity contribution in [1.82, 2.24) is 5.32 Å². The van der Waals surface area contributed by atoms with Crippen LogP contribution in [0.2, 0.25) is 0 Å². The summed E-state index contributed by atoms with van der Waals surface area (Å²) >= 11 is 0. The Labute approximate surface area is 90.7 Å². The number of halogens is 1. The number of hydrogen-bond donors (Lipinski definition) is 1. The van der Waals surface area contributed by atoms with E-state index in [2.05, 4.69) is 18.2 Å². The molecule has 0 radical (unpaired) electrons. The molecule has 1 unspecified atom stereocenters. The van der Waals surface area contributed by atoms with Crippen LogP contribution in [0.15, 0.2) is 24.3 Å². The topological polar surface area (TPSA) is 12.0 Å². The summed E-state index contributed by atoms with van der Waals surface area (Å²) < 4.78 is 13.0. The van der Waals surface area contributed by atoms with Gasteiger partial charge in [-0.25, -0.2) is 4.39 Å². The van der Waals surface area contributed by atoms with Gasteiger partial charge in [0.05, 0.1) is 0 Å². The molecule has 0 aliphatic heterocycles. The zero-order chi connectivity index (χ0) is 11.1. The molecule has 0 fully saturated rings. The van der Waals surface area contributed by atoms with Gasteiger partial charge in [0.1, 0.15) is 5.82 Å². The van der Waals surface area contributed by atoms with Crippen LogP contribution in [-0.2, 0) is 0 Å². The lowest BCUT2D eigenvalue weighted by Crippen LogP contribution is -2.21. The third-order valence-electron chi connectivity index (χ3n) is 2.32. The van der Waals surface area contributed by atoms with Crippen LogP contribution in [0.1, 0.15) is 31.4 Å². The summed E-state index contributed by atoms with van der Waals surface area (Å²) in [5, 5.41) is 3.30. The van der Waals surface area contributed by atoms with E-state index in [1.165, 1.54) is 6.07 Å². The van der Waals surface area contributed by atoms with Crippen LogP contribution in [0.5, 0.6) is 0 Å². The molecule has 0 spiro atoms. The lowest BCUT2D eigenvalue weighted by molar-refractivity contribution is 0.522. The summed E-state index contributed by atoms with van der Waals surface area (Å²) in [6.07, 6.45) is 6.79. The highest BCUT2D eigenvalue weighted by Crippen LogP contribution is 2.17. The SMILES string of the molecule is C#CCCNC(CC)c1cccc(F)c1. The highest BCUT2D eigenvalue weighted by atomic mass is 19.1. The van der Waals surface area contributed by atoms with Gasteiger partial charge in [0.25, 0.3) is 0 Å². The van der Waals surface area contributed by atoms with Gasteiger partial charge in [-0.05, 0) is 24.1 Å². The Bertz CT molecular complexity index is 341. The average Bonchev–Trinajstić information content (AvgIpc) is 2.24. The first-order valence-corrected chi connectivity index (χ1v) is 5.20. The zero-order valence-corrected chi connectivity index (χ0v) is 8.96. The maximum Gasteiger partial charge on any atom is 0.123 e. The van der Waals surface area contributed by atoms with E-state index >= 15 is 0 Å². The van der Waals surface area contributed by atoms with Gasteiger partial charge in [-0.2, -0.15) is 0 Å². The molecule has 1 aromatic carbocycles. The van der Waals surface area contributed by atoms with Gasteiger partial charge in [-0.15, -0.1) is 12.3 Å². The summed E-state index contributed by atoms with van der Waals surface area (Å²) in [6, 6.07) is 6.87. The molecule has 0 amide bonds. The molecule has 0 saturated heterocycles. The Morgan fingerprint density at radius 1 is 1.53 bits per heavy atom.